The number of hydrogen-bond acceptors (Lipinski definition) is 2. The minimum absolute atomic E-state index is 0.137. The molecule has 0 radical (unpaired) electrons. The van der Waals surface area contributed by atoms with Crippen molar-refractivity contribution in [1.29, 1.82) is 0 Å². The summed E-state index contributed by atoms with van der Waals surface area (Å²) in [6.07, 6.45) is 0. The second-order valence-electron chi connectivity index (χ2n) is 4.83. The number of para-hydroxylation sites is 1. The number of benzene rings is 1. The average Bonchev–Trinajstić information content (AvgIpc) is 2.17. The summed E-state index contributed by atoms with van der Waals surface area (Å²) in [4.78, 5) is 0. The minimum Gasteiger partial charge on any atom is -0.492 e. The van der Waals surface area contributed by atoms with E-state index < -0.39 is 0 Å². The van der Waals surface area contributed by atoms with Gasteiger partial charge in [-0.25, -0.2) is 0 Å². The SMILES string of the molecule is Cc1cccc(C)c1OCC(C)(C)CO. The Kier molecular flexibility index (Phi) is 3.75. The third-order valence-electron chi connectivity index (χ3n) is 2.44. The summed E-state index contributed by atoms with van der Waals surface area (Å²) in [6, 6.07) is 6.09. The van der Waals surface area contributed by atoms with Crippen LogP contribution in [0.2, 0.25) is 0 Å². The first-order valence-corrected chi connectivity index (χ1v) is 5.26. The van der Waals surface area contributed by atoms with Gasteiger partial charge in [0, 0.05) is 5.41 Å². The molecular formula is C13H20O2. The molecule has 0 aromatic heterocycles. The molecular weight excluding hydrogens is 188 g/mol. The lowest BCUT2D eigenvalue weighted by Crippen LogP contribution is -2.25. The van der Waals surface area contributed by atoms with Crippen molar-refractivity contribution in [3.63, 3.8) is 0 Å². The van der Waals surface area contributed by atoms with E-state index in [2.05, 4.69) is 0 Å². The Morgan fingerprint density at radius 2 is 1.73 bits per heavy atom. The summed E-state index contributed by atoms with van der Waals surface area (Å²) < 4.78 is 5.76. The third-order valence-corrected chi connectivity index (χ3v) is 2.44. The summed E-state index contributed by atoms with van der Waals surface area (Å²) in [5.74, 6) is 0.944. The summed E-state index contributed by atoms with van der Waals surface area (Å²) in [5, 5.41) is 9.13. The molecule has 1 rings (SSSR count). The maximum Gasteiger partial charge on any atom is 0.125 e. The third kappa shape index (κ3) is 3.24. The monoisotopic (exact) mass is 208 g/mol. The van der Waals surface area contributed by atoms with Crippen LogP contribution in [-0.4, -0.2) is 18.3 Å². The van der Waals surface area contributed by atoms with Crippen LogP contribution in [0, 0.1) is 19.3 Å². The molecule has 0 saturated heterocycles. The van der Waals surface area contributed by atoms with E-state index >= 15 is 0 Å². The van der Waals surface area contributed by atoms with Crippen molar-refractivity contribution in [2.45, 2.75) is 27.7 Å². The molecule has 0 spiro atoms. The van der Waals surface area contributed by atoms with Crippen LogP contribution in [0.15, 0.2) is 18.2 Å². The lowest BCUT2D eigenvalue weighted by molar-refractivity contribution is 0.0968. The molecule has 1 aromatic carbocycles. The number of aliphatic hydroxyl groups excluding tert-OH is 1. The molecule has 1 aromatic rings. The van der Waals surface area contributed by atoms with Gasteiger partial charge in [0.2, 0.25) is 0 Å². The molecule has 2 heteroatoms. The molecule has 0 atom stereocenters. The fourth-order valence-electron chi connectivity index (χ4n) is 1.34. The van der Waals surface area contributed by atoms with E-state index in [1.54, 1.807) is 0 Å². The Bertz CT molecular complexity index is 309. The molecule has 2 nitrogen and oxygen atoms in total. The van der Waals surface area contributed by atoms with Crippen molar-refractivity contribution in [3.05, 3.63) is 29.3 Å². The van der Waals surface area contributed by atoms with Crippen LogP contribution in [-0.2, 0) is 0 Å². The van der Waals surface area contributed by atoms with Crippen LogP contribution in [0.5, 0.6) is 5.75 Å². The number of hydrogen-bond donors (Lipinski definition) is 1. The van der Waals surface area contributed by atoms with Crippen molar-refractivity contribution in [2.75, 3.05) is 13.2 Å². The zero-order valence-electron chi connectivity index (χ0n) is 10.0. The van der Waals surface area contributed by atoms with Crippen molar-refractivity contribution in [1.82, 2.24) is 0 Å². The quantitative estimate of drug-likeness (QED) is 0.824. The van der Waals surface area contributed by atoms with Gasteiger partial charge in [-0.1, -0.05) is 32.0 Å². The van der Waals surface area contributed by atoms with Crippen LogP contribution >= 0.6 is 0 Å². The Morgan fingerprint density at radius 1 is 1.20 bits per heavy atom. The Labute approximate surface area is 91.9 Å². The van der Waals surface area contributed by atoms with E-state index in [-0.39, 0.29) is 12.0 Å². The van der Waals surface area contributed by atoms with Gasteiger partial charge in [-0.05, 0) is 25.0 Å². The average molecular weight is 208 g/mol. The van der Waals surface area contributed by atoms with E-state index in [0.717, 1.165) is 16.9 Å². The van der Waals surface area contributed by atoms with E-state index in [9.17, 15) is 0 Å². The summed E-state index contributed by atoms with van der Waals surface area (Å²) in [7, 11) is 0. The molecule has 1 N–H and O–H groups in total. The smallest absolute Gasteiger partial charge is 0.125 e. The highest BCUT2D eigenvalue weighted by atomic mass is 16.5. The van der Waals surface area contributed by atoms with Crippen LogP contribution in [0.3, 0.4) is 0 Å². The minimum atomic E-state index is -0.186. The second kappa shape index (κ2) is 4.67. The lowest BCUT2D eigenvalue weighted by atomic mass is 9.96. The van der Waals surface area contributed by atoms with Gasteiger partial charge in [-0.15, -0.1) is 0 Å². The molecule has 0 heterocycles. The standard InChI is InChI=1S/C13H20O2/c1-10-6-5-7-11(2)12(10)15-9-13(3,4)8-14/h5-7,14H,8-9H2,1-4H3. The largest absolute Gasteiger partial charge is 0.492 e. The number of rotatable bonds is 4. The molecule has 0 unspecified atom stereocenters. The van der Waals surface area contributed by atoms with Crippen molar-refractivity contribution < 1.29 is 9.84 Å². The summed E-state index contributed by atoms with van der Waals surface area (Å²) in [5.41, 5.74) is 2.10. The predicted molar refractivity (Wildman–Crippen MR) is 62.3 cm³/mol. The molecule has 0 bridgehead atoms. The highest BCUT2D eigenvalue weighted by Crippen LogP contribution is 2.25. The van der Waals surface area contributed by atoms with Crippen molar-refractivity contribution in [3.8, 4) is 5.75 Å². The van der Waals surface area contributed by atoms with Gasteiger partial charge in [0.05, 0.1) is 13.2 Å². The molecule has 0 amide bonds. The van der Waals surface area contributed by atoms with Gasteiger partial charge >= 0.3 is 0 Å². The van der Waals surface area contributed by atoms with Gasteiger partial charge in [-0.3, -0.25) is 0 Å². The highest BCUT2D eigenvalue weighted by molar-refractivity contribution is 5.39. The van der Waals surface area contributed by atoms with Gasteiger partial charge in [-0.2, -0.15) is 0 Å². The van der Waals surface area contributed by atoms with Gasteiger partial charge in [0.25, 0.3) is 0 Å². The molecule has 0 aliphatic carbocycles. The van der Waals surface area contributed by atoms with Crippen LogP contribution in [0.25, 0.3) is 0 Å². The second-order valence-corrected chi connectivity index (χ2v) is 4.83. The maximum atomic E-state index is 9.13. The fourth-order valence-corrected chi connectivity index (χ4v) is 1.34. The van der Waals surface area contributed by atoms with Crippen LogP contribution in [0.4, 0.5) is 0 Å². The van der Waals surface area contributed by atoms with E-state index in [0.29, 0.717) is 6.61 Å². The first kappa shape index (κ1) is 12.1. The molecule has 84 valence electrons. The van der Waals surface area contributed by atoms with Gasteiger partial charge in [0.15, 0.2) is 0 Å². The number of aliphatic hydroxyl groups is 1. The van der Waals surface area contributed by atoms with Crippen molar-refractivity contribution in [2.24, 2.45) is 5.41 Å². The highest BCUT2D eigenvalue weighted by Gasteiger charge is 2.18. The van der Waals surface area contributed by atoms with Crippen LogP contribution in [0.1, 0.15) is 25.0 Å². The molecule has 0 aliphatic heterocycles. The van der Waals surface area contributed by atoms with E-state index in [1.807, 2.05) is 45.9 Å². The van der Waals surface area contributed by atoms with E-state index in [4.69, 9.17) is 9.84 Å². The number of aryl methyl sites for hydroxylation is 2. The van der Waals surface area contributed by atoms with Crippen molar-refractivity contribution >= 4 is 0 Å². The molecule has 0 aliphatic rings. The van der Waals surface area contributed by atoms with Gasteiger partial charge < -0.3 is 9.84 Å². The Hall–Kier alpha value is -1.02. The fraction of sp³-hybridized carbons (Fsp3) is 0.538. The van der Waals surface area contributed by atoms with E-state index in [1.165, 1.54) is 0 Å². The molecule has 0 fully saturated rings. The maximum absolute atomic E-state index is 9.13. The first-order valence-electron chi connectivity index (χ1n) is 5.26. The zero-order chi connectivity index (χ0) is 11.5. The molecule has 15 heavy (non-hydrogen) atoms. The topological polar surface area (TPSA) is 29.5 Å². The summed E-state index contributed by atoms with van der Waals surface area (Å²) in [6.45, 7) is 8.72. The Balaban J connectivity index is 2.73. The zero-order valence-corrected chi connectivity index (χ0v) is 10.0. The summed E-state index contributed by atoms with van der Waals surface area (Å²) >= 11 is 0. The first-order chi connectivity index (χ1) is 6.96. The van der Waals surface area contributed by atoms with Gasteiger partial charge in [0.1, 0.15) is 5.75 Å². The number of ether oxygens (including phenoxy) is 1. The normalized spacial score (nSPS) is 11.5. The predicted octanol–water partition coefficient (Wildman–Crippen LogP) is 2.70. The molecule has 0 saturated carbocycles. The lowest BCUT2D eigenvalue weighted by Gasteiger charge is -2.23. The Morgan fingerprint density at radius 3 is 2.20 bits per heavy atom. The van der Waals surface area contributed by atoms with Crippen LogP contribution < -0.4 is 4.74 Å².